The van der Waals surface area contributed by atoms with Gasteiger partial charge in [0.2, 0.25) is 10.0 Å². The lowest BCUT2D eigenvalue weighted by Gasteiger charge is -2.38. The predicted molar refractivity (Wildman–Crippen MR) is 159 cm³/mol. The molecule has 11 nitrogen and oxygen atoms in total. The lowest BCUT2D eigenvalue weighted by atomic mass is 9.88. The van der Waals surface area contributed by atoms with Crippen molar-refractivity contribution in [1.29, 1.82) is 0 Å². The van der Waals surface area contributed by atoms with Gasteiger partial charge in [-0.2, -0.15) is 9.97 Å². The highest BCUT2D eigenvalue weighted by atomic mass is 32.2. The van der Waals surface area contributed by atoms with Gasteiger partial charge in [0.1, 0.15) is 11.2 Å². The van der Waals surface area contributed by atoms with Crippen LogP contribution in [0.1, 0.15) is 70.7 Å². The molecule has 2 saturated carbocycles. The Bertz CT molecular complexity index is 1600. The highest BCUT2D eigenvalue weighted by molar-refractivity contribution is 7.89. The second-order valence-corrected chi connectivity index (χ2v) is 15.3. The summed E-state index contributed by atoms with van der Waals surface area (Å²) in [4.78, 5) is 11.5. The molecule has 15 heteroatoms. The number of aliphatic hydroxyl groups is 1. The SMILES string of the molecule is C[C@H]1CN(c2cc(S(=O)(=O)NC3(C)CC3)cc3c(-c4nnc(C(F)F)s4)nc(OCC4(CO)CCCC4)nc23)C[C@H](C)N1. The van der Waals surface area contributed by atoms with E-state index in [0.717, 1.165) is 38.5 Å². The van der Waals surface area contributed by atoms with Crippen molar-refractivity contribution in [2.24, 2.45) is 5.41 Å². The van der Waals surface area contributed by atoms with Crippen molar-refractivity contribution in [3.05, 3.63) is 17.1 Å². The van der Waals surface area contributed by atoms with Crippen molar-refractivity contribution in [1.82, 2.24) is 30.2 Å². The summed E-state index contributed by atoms with van der Waals surface area (Å²) in [6.07, 6.45) is 2.27. The minimum atomic E-state index is -3.94. The van der Waals surface area contributed by atoms with Crippen molar-refractivity contribution >= 4 is 38.0 Å². The molecule has 0 amide bonds. The molecule has 1 aliphatic heterocycles. The molecular weight excluding hydrogens is 600 g/mol. The molecule has 2 atom stereocenters. The summed E-state index contributed by atoms with van der Waals surface area (Å²) in [5.41, 5.74) is 0.261. The number of benzene rings is 1. The first-order valence-corrected chi connectivity index (χ1v) is 17.0. The number of alkyl halides is 2. The summed E-state index contributed by atoms with van der Waals surface area (Å²) >= 11 is 0.694. The van der Waals surface area contributed by atoms with Crippen LogP contribution in [-0.2, 0) is 10.0 Å². The number of nitrogens with zero attached hydrogens (tertiary/aromatic N) is 5. The van der Waals surface area contributed by atoms with Crippen LogP contribution >= 0.6 is 11.3 Å². The summed E-state index contributed by atoms with van der Waals surface area (Å²) in [5.74, 6) is 0. The molecule has 3 heterocycles. The first-order valence-electron chi connectivity index (χ1n) is 14.7. The Balaban J connectivity index is 1.54. The van der Waals surface area contributed by atoms with Crippen LogP contribution in [0, 0.1) is 5.41 Å². The molecule has 3 aromatic rings. The smallest absolute Gasteiger partial charge is 0.317 e. The van der Waals surface area contributed by atoms with Gasteiger partial charge in [-0.25, -0.2) is 21.9 Å². The van der Waals surface area contributed by atoms with E-state index in [1.807, 2.05) is 6.92 Å². The molecule has 3 N–H and O–H groups in total. The highest BCUT2D eigenvalue weighted by Crippen LogP contribution is 2.42. The molecule has 0 radical (unpaired) electrons. The van der Waals surface area contributed by atoms with Crippen LogP contribution in [0.5, 0.6) is 6.01 Å². The highest BCUT2D eigenvalue weighted by Gasteiger charge is 2.42. The van der Waals surface area contributed by atoms with Crippen LogP contribution in [0.4, 0.5) is 14.5 Å². The van der Waals surface area contributed by atoms with Gasteiger partial charge in [0.15, 0.2) is 10.0 Å². The van der Waals surface area contributed by atoms with Crippen LogP contribution in [0.15, 0.2) is 17.0 Å². The van der Waals surface area contributed by atoms with Crippen LogP contribution < -0.4 is 19.7 Å². The fourth-order valence-electron chi connectivity index (χ4n) is 6.10. The number of rotatable bonds is 10. The molecule has 2 aliphatic carbocycles. The van der Waals surface area contributed by atoms with E-state index in [9.17, 15) is 22.3 Å². The fourth-order valence-corrected chi connectivity index (χ4v) is 8.31. The van der Waals surface area contributed by atoms with E-state index in [1.54, 1.807) is 6.07 Å². The third kappa shape index (κ3) is 6.32. The summed E-state index contributed by atoms with van der Waals surface area (Å²) in [7, 11) is -3.94. The number of anilines is 1. The van der Waals surface area contributed by atoms with Gasteiger partial charge in [-0.15, -0.1) is 10.2 Å². The van der Waals surface area contributed by atoms with Gasteiger partial charge in [-0.05, 0) is 58.6 Å². The quantitative estimate of drug-likeness (QED) is 0.298. The van der Waals surface area contributed by atoms with Crippen LogP contribution in [-0.4, -0.2) is 77.6 Å². The Morgan fingerprint density at radius 1 is 1.14 bits per heavy atom. The third-order valence-corrected chi connectivity index (χ3v) is 11.2. The molecule has 3 aliphatic rings. The fraction of sp³-hybridized carbons (Fsp3) is 0.643. The Hall–Kier alpha value is -2.59. The lowest BCUT2D eigenvalue weighted by molar-refractivity contribution is 0.0677. The molecule has 6 rings (SSSR count). The number of hydrogen-bond donors (Lipinski definition) is 3. The zero-order valence-corrected chi connectivity index (χ0v) is 26.1. The van der Waals surface area contributed by atoms with Crippen LogP contribution in [0.25, 0.3) is 21.6 Å². The average Bonchev–Trinajstić information content (AvgIpc) is 3.33. The zero-order chi connectivity index (χ0) is 30.6. The van der Waals surface area contributed by atoms with E-state index in [1.165, 1.54) is 6.07 Å². The molecule has 3 fully saturated rings. The Morgan fingerprint density at radius 2 is 1.84 bits per heavy atom. The predicted octanol–water partition coefficient (Wildman–Crippen LogP) is 4.03. The summed E-state index contributed by atoms with van der Waals surface area (Å²) in [6, 6.07) is 3.34. The molecule has 234 valence electrons. The Labute approximate surface area is 253 Å². The number of nitrogens with one attached hydrogen (secondary N) is 2. The van der Waals surface area contributed by atoms with Gasteiger partial charge in [-0.3, -0.25) is 0 Å². The standard InChI is InChI=1S/C28H37F2N7O4S2/c1-16-12-37(13-17(2)31-16)20-11-18(43(39,40)36-27(3)8-9-27)10-19-21(20)32-26(41-15-28(14-38)6-4-5-7-28)33-22(19)24-34-35-25(42-24)23(29)30/h10-11,16-17,23,31,36,38H,4-9,12-15H2,1-3H3/t16-,17-/m0/s1. The van der Waals surface area contributed by atoms with E-state index in [0.29, 0.717) is 41.0 Å². The molecule has 2 aromatic heterocycles. The summed E-state index contributed by atoms with van der Waals surface area (Å²) in [6.45, 7) is 7.31. The Morgan fingerprint density at radius 3 is 2.44 bits per heavy atom. The Kier molecular flexibility index (Phi) is 8.07. The number of fused-ring (bicyclic) bond motifs is 1. The number of hydrogen-bond acceptors (Lipinski definition) is 11. The third-order valence-electron chi connectivity index (χ3n) is 8.66. The van der Waals surface area contributed by atoms with E-state index in [2.05, 4.69) is 44.0 Å². The lowest BCUT2D eigenvalue weighted by Crippen LogP contribution is -2.54. The first-order chi connectivity index (χ1) is 20.4. The second kappa shape index (κ2) is 11.4. The van der Waals surface area contributed by atoms with Gasteiger partial charge >= 0.3 is 6.01 Å². The molecule has 0 bridgehead atoms. The monoisotopic (exact) mass is 637 g/mol. The molecule has 0 unspecified atom stereocenters. The molecule has 43 heavy (non-hydrogen) atoms. The van der Waals surface area contributed by atoms with E-state index >= 15 is 0 Å². The topological polar surface area (TPSA) is 142 Å². The number of piperazine rings is 1. The van der Waals surface area contributed by atoms with Crippen molar-refractivity contribution in [3.8, 4) is 16.7 Å². The minimum absolute atomic E-state index is 0.00715. The maximum Gasteiger partial charge on any atom is 0.317 e. The van der Waals surface area contributed by atoms with Gasteiger partial charge in [0, 0.05) is 41.5 Å². The maximum absolute atomic E-state index is 13.7. The molecule has 1 aromatic carbocycles. The summed E-state index contributed by atoms with van der Waals surface area (Å²) < 4.78 is 63.4. The van der Waals surface area contributed by atoms with Crippen molar-refractivity contribution in [3.63, 3.8) is 0 Å². The van der Waals surface area contributed by atoms with Gasteiger partial charge in [0.25, 0.3) is 6.43 Å². The van der Waals surface area contributed by atoms with Crippen LogP contribution in [0.3, 0.4) is 0 Å². The number of ether oxygens (including phenoxy) is 1. The van der Waals surface area contributed by atoms with Gasteiger partial charge < -0.3 is 20.1 Å². The minimum Gasteiger partial charge on any atom is -0.463 e. The normalized spacial score (nSPS) is 23.3. The van der Waals surface area contributed by atoms with Gasteiger partial charge in [0.05, 0.1) is 23.8 Å². The number of halogens is 2. The van der Waals surface area contributed by atoms with E-state index < -0.39 is 32.4 Å². The number of sulfonamides is 1. The molecule has 1 saturated heterocycles. The number of aliphatic hydroxyl groups excluding tert-OH is 1. The van der Waals surface area contributed by atoms with Crippen molar-refractivity contribution in [2.45, 2.75) is 88.2 Å². The zero-order valence-electron chi connectivity index (χ0n) is 24.4. The maximum atomic E-state index is 13.7. The average molecular weight is 638 g/mol. The molecule has 0 spiro atoms. The van der Waals surface area contributed by atoms with Crippen molar-refractivity contribution in [2.75, 3.05) is 31.2 Å². The second-order valence-electron chi connectivity index (χ2n) is 12.6. The van der Waals surface area contributed by atoms with Crippen LogP contribution in [0.2, 0.25) is 0 Å². The van der Waals surface area contributed by atoms with E-state index in [-0.39, 0.29) is 46.9 Å². The largest absolute Gasteiger partial charge is 0.463 e. The van der Waals surface area contributed by atoms with Crippen molar-refractivity contribution < 1.29 is 27.0 Å². The molecular formula is C28H37F2N7O4S2. The van der Waals surface area contributed by atoms with E-state index in [4.69, 9.17) is 9.72 Å². The first kappa shape index (κ1) is 30.4. The number of aromatic nitrogens is 4. The van der Waals surface area contributed by atoms with Gasteiger partial charge in [-0.1, -0.05) is 24.2 Å². The summed E-state index contributed by atoms with van der Waals surface area (Å²) in [5, 5.41) is 21.3.